The summed E-state index contributed by atoms with van der Waals surface area (Å²) in [5.74, 6) is 1.05. The highest BCUT2D eigenvalue weighted by Gasteiger charge is 2.13. The van der Waals surface area contributed by atoms with Crippen molar-refractivity contribution in [3.63, 3.8) is 0 Å². The van der Waals surface area contributed by atoms with Gasteiger partial charge in [0.1, 0.15) is 11.6 Å². The van der Waals surface area contributed by atoms with Crippen molar-refractivity contribution in [3.05, 3.63) is 88.1 Å². The Morgan fingerprint density at radius 2 is 1.97 bits per heavy atom. The van der Waals surface area contributed by atoms with E-state index in [1.165, 1.54) is 18.0 Å². The van der Waals surface area contributed by atoms with Crippen LogP contribution in [0, 0.1) is 0 Å². The molecule has 30 heavy (non-hydrogen) atoms. The van der Waals surface area contributed by atoms with Crippen molar-refractivity contribution in [1.29, 1.82) is 0 Å². The summed E-state index contributed by atoms with van der Waals surface area (Å²) in [5.41, 5.74) is 2.61. The maximum Gasteiger partial charge on any atom is 0.262 e. The number of rotatable bonds is 5. The van der Waals surface area contributed by atoms with E-state index in [9.17, 15) is 4.79 Å². The number of nitrogens with one attached hydrogen (secondary N) is 1. The molecule has 1 N–H and O–H groups in total. The molecule has 0 saturated carbocycles. The third kappa shape index (κ3) is 3.62. The monoisotopic (exact) mass is 435 g/mol. The summed E-state index contributed by atoms with van der Waals surface area (Å²) in [6, 6.07) is 16.9. The van der Waals surface area contributed by atoms with Gasteiger partial charge < -0.3 is 9.40 Å². The minimum Gasteiger partial charge on any atom is -0.444 e. The summed E-state index contributed by atoms with van der Waals surface area (Å²) >= 11 is 7.46. The Hall–Kier alpha value is -3.36. The zero-order chi connectivity index (χ0) is 20.5. The molecule has 0 radical (unpaired) electrons. The predicted octanol–water partition coefficient (Wildman–Crippen LogP) is 4.71. The lowest BCUT2D eigenvalue weighted by Gasteiger charge is -2.04. The fourth-order valence-electron chi connectivity index (χ4n) is 2.99. The molecule has 148 valence electrons. The van der Waals surface area contributed by atoms with Gasteiger partial charge in [-0.25, -0.2) is 14.6 Å². The molecule has 0 aliphatic heterocycles. The van der Waals surface area contributed by atoms with E-state index in [0.717, 1.165) is 16.9 Å². The summed E-state index contributed by atoms with van der Waals surface area (Å²) in [5, 5.41) is 5.76. The van der Waals surface area contributed by atoms with E-state index >= 15 is 0 Å². The molecule has 0 bridgehead atoms. The van der Waals surface area contributed by atoms with Gasteiger partial charge >= 0.3 is 0 Å². The maximum atomic E-state index is 12.5. The van der Waals surface area contributed by atoms with Gasteiger partial charge in [-0.15, -0.1) is 0 Å². The molecule has 0 saturated heterocycles. The first-order valence-electron chi connectivity index (χ1n) is 9.04. The van der Waals surface area contributed by atoms with Crippen LogP contribution < -0.4 is 5.56 Å². The number of thioether (sulfide) groups is 1. The molecule has 3 aromatic heterocycles. The normalized spacial score (nSPS) is 11.2. The molecule has 0 spiro atoms. The smallest absolute Gasteiger partial charge is 0.262 e. The Morgan fingerprint density at radius 3 is 2.80 bits per heavy atom. The third-order valence-electron chi connectivity index (χ3n) is 4.40. The van der Waals surface area contributed by atoms with Crippen LogP contribution in [-0.2, 0) is 5.75 Å². The molecule has 5 aromatic rings. The van der Waals surface area contributed by atoms with E-state index in [4.69, 9.17) is 16.0 Å². The van der Waals surface area contributed by atoms with Crippen molar-refractivity contribution in [2.24, 2.45) is 0 Å². The molecule has 0 amide bonds. The van der Waals surface area contributed by atoms with Crippen molar-refractivity contribution in [1.82, 2.24) is 24.7 Å². The van der Waals surface area contributed by atoms with E-state index in [-0.39, 0.29) is 5.56 Å². The number of H-pyrrole nitrogens is 1. The van der Waals surface area contributed by atoms with Gasteiger partial charge in [-0.3, -0.25) is 4.79 Å². The molecule has 3 heterocycles. The van der Waals surface area contributed by atoms with Gasteiger partial charge in [0.05, 0.1) is 17.6 Å². The van der Waals surface area contributed by atoms with Gasteiger partial charge in [-0.1, -0.05) is 47.6 Å². The minimum atomic E-state index is -0.249. The van der Waals surface area contributed by atoms with Gasteiger partial charge in [0.15, 0.2) is 10.8 Å². The largest absolute Gasteiger partial charge is 0.444 e. The number of halogens is 1. The first-order valence-corrected chi connectivity index (χ1v) is 10.4. The van der Waals surface area contributed by atoms with E-state index in [1.807, 2.05) is 42.5 Å². The quantitative estimate of drug-likeness (QED) is 0.317. The number of oxazole rings is 1. The molecule has 0 fully saturated rings. The SMILES string of the molecule is O=c1[nH]c(SCc2coc(-c3ccccc3)n2)nc2c1cnn2-c1cccc(Cl)c1. The number of hydrogen-bond acceptors (Lipinski definition) is 6. The summed E-state index contributed by atoms with van der Waals surface area (Å²) in [4.78, 5) is 24.4. The van der Waals surface area contributed by atoms with Crippen LogP contribution in [-0.4, -0.2) is 24.7 Å². The van der Waals surface area contributed by atoms with Crippen LogP contribution in [0.15, 0.2) is 81.4 Å². The minimum absolute atomic E-state index is 0.249. The third-order valence-corrected chi connectivity index (χ3v) is 5.54. The first-order chi connectivity index (χ1) is 14.7. The van der Waals surface area contributed by atoms with Crippen LogP contribution >= 0.6 is 23.4 Å². The van der Waals surface area contributed by atoms with Gasteiger partial charge in [0, 0.05) is 16.3 Å². The van der Waals surface area contributed by atoms with E-state index in [0.29, 0.717) is 32.9 Å². The predicted molar refractivity (Wildman–Crippen MR) is 116 cm³/mol. The van der Waals surface area contributed by atoms with Crippen LogP contribution in [0.4, 0.5) is 0 Å². The summed E-state index contributed by atoms with van der Waals surface area (Å²) in [6.45, 7) is 0. The van der Waals surface area contributed by atoms with Crippen molar-refractivity contribution in [2.45, 2.75) is 10.9 Å². The Morgan fingerprint density at radius 1 is 1.10 bits per heavy atom. The second kappa shape index (κ2) is 7.81. The van der Waals surface area contributed by atoms with Crippen molar-refractivity contribution < 1.29 is 4.42 Å². The summed E-state index contributed by atoms with van der Waals surface area (Å²) in [6.07, 6.45) is 3.11. The Labute approximate surface area is 179 Å². The maximum absolute atomic E-state index is 12.5. The Bertz CT molecular complexity index is 1390. The van der Waals surface area contributed by atoms with Crippen LogP contribution in [0.5, 0.6) is 0 Å². The van der Waals surface area contributed by atoms with Crippen molar-refractivity contribution >= 4 is 34.4 Å². The number of benzene rings is 2. The van der Waals surface area contributed by atoms with Gasteiger partial charge in [-0.2, -0.15) is 5.10 Å². The molecule has 2 aromatic carbocycles. The highest BCUT2D eigenvalue weighted by atomic mass is 35.5. The van der Waals surface area contributed by atoms with Crippen LogP contribution in [0.25, 0.3) is 28.2 Å². The van der Waals surface area contributed by atoms with Gasteiger partial charge in [-0.05, 0) is 30.3 Å². The number of nitrogens with zero attached hydrogens (tertiary/aromatic N) is 4. The fraction of sp³-hybridized carbons (Fsp3) is 0.0476. The molecule has 5 rings (SSSR count). The lowest BCUT2D eigenvalue weighted by Crippen LogP contribution is -2.09. The summed E-state index contributed by atoms with van der Waals surface area (Å²) < 4.78 is 7.17. The highest BCUT2D eigenvalue weighted by molar-refractivity contribution is 7.98. The Kier molecular flexibility index (Phi) is 4.86. The highest BCUT2D eigenvalue weighted by Crippen LogP contribution is 2.24. The average Bonchev–Trinajstić information content (AvgIpc) is 3.40. The molecular formula is C21H14ClN5O2S. The average molecular weight is 436 g/mol. The zero-order valence-corrected chi connectivity index (χ0v) is 17.0. The van der Waals surface area contributed by atoms with Crippen molar-refractivity contribution in [2.75, 3.05) is 0 Å². The molecule has 0 unspecified atom stereocenters. The second-order valence-electron chi connectivity index (χ2n) is 6.44. The number of aromatic nitrogens is 5. The fourth-order valence-corrected chi connectivity index (χ4v) is 3.91. The topological polar surface area (TPSA) is 89.6 Å². The molecule has 0 atom stereocenters. The van der Waals surface area contributed by atoms with E-state index < -0.39 is 0 Å². The zero-order valence-electron chi connectivity index (χ0n) is 15.4. The van der Waals surface area contributed by atoms with E-state index in [1.54, 1.807) is 23.1 Å². The number of aromatic amines is 1. The number of hydrogen-bond donors (Lipinski definition) is 1. The first kappa shape index (κ1) is 18.7. The second-order valence-corrected chi connectivity index (χ2v) is 7.84. The van der Waals surface area contributed by atoms with Crippen LogP contribution in [0.3, 0.4) is 0 Å². The molecule has 0 aliphatic carbocycles. The lowest BCUT2D eigenvalue weighted by molar-refractivity contribution is 0.573. The lowest BCUT2D eigenvalue weighted by atomic mass is 10.2. The van der Waals surface area contributed by atoms with Crippen molar-refractivity contribution in [3.8, 4) is 17.1 Å². The van der Waals surface area contributed by atoms with Gasteiger partial charge in [0.25, 0.3) is 5.56 Å². The van der Waals surface area contributed by atoms with Crippen LogP contribution in [0.1, 0.15) is 5.69 Å². The molecule has 0 aliphatic rings. The molecule has 9 heteroatoms. The Balaban J connectivity index is 1.42. The molecular weight excluding hydrogens is 422 g/mol. The molecule has 7 nitrogen and oxygen atoms in total. The standard InChI is InChI=1S/C21H14ClN5O2S/c22-14-7-4-8-16(9-14)27-18-17(10-23-27)19(28)26-21(25-18)30-12-15-11-29-20(24-15)13-5-2-1-3-6-13/h1-11H,12H2,(H,25,26,28). The van der Waals surface area contributed by atoms with E-state index in [2.05, 4.69) is 20.1 Å². The summed E-state index contributed by atoms with van der Waals surface area (Å²) in [7, 11) is 0. The van der Waals surface area contributed by atoms with Gasteiger partial charge in [0.2, 0.25) is 5.89 Å². The number of fused-ring (bicyclic) bond motifs is 1. The van der Waals surface area contributed by atoms with Crippen LogP contribution in [0.2, 0.25) is 5.02 Å².